The number of hydrogen-bond donors (Lipinski definition) is 1. The van der Waals surface area contributed by atoms with E-state index in [0.717, 1.165) is 40.1 Å². The molecule has 0 atom stereocenters. The zero-order valence-corrected chi connectivity index (χ0v) is 18.0. The average molecular weight is 411 g/mol. The summed E-state index contributed by atoms with van der Waals surface area (Å²) in [6, 6.07) is 13.8. The van der Waals surface area contributed by atoms with E-state index in [1.807, 2.05) is 68.7 Å². The Hall–Kier alpha value is -2.80. The van der Waals surface area contributed by atoms with Gasteiger partial charge in [-0.05, 0) is 63.6 Å². The van der Waals surface area contributed by atoms with Crippen LogP contribution in [0.1, 0.15) is 25.0 Å². The van der Waals surface area contributed by atoms with Gasteiger partial charge in [-0.25, -0.2) is 0 Å². The quantitative estimate of drug-likeness (QED) is 0.545. The van der Waals surface area contributed by atoms with E-state index in [2.05, 4.69) is 21.6 Å². The number of amides is 1. The smallest absolute Gasteiger partial charge is 0.234 e. The first kappa shape index (κ1) is 20.9. The van der Waals surface area contributed by atoms with Crippen molar-refractivity contribution in [3.05, 3.63) is 53.6 Å². The molecule has 1 N–H and O–H groups in total. The molecule has 2 aromatic carbocycles. The Kier molecular flexibility index (Phi) is 6.93. The summed E-state index contributed by atoms with van der Waals surface area (Å²) in [4.78, 5) is 12.4. The summed E-state index contributed by atoms with van der Waals surface area (Å²) in [5.41, 5.74) is 4.04. The number of anilines is 1. The summed E-state index contributed by atoms with van der Waals surface area (Å²) in [6.07, 6.45) is 0. The Morgan fingerprint density at radius 3 is 2.52 bits per heavy atom. The highest BCUT2D eigenvalue weighted by molar-refractivity contribution is 7.99. The average Bonchev–Trinajstić information content (AvgIpc) is 3.12. The molecular weight excluding hydrogens is 384 g/mol. The van der Waals surface area contributed by atoms with Gasteiger partial charge in [0.15, 0.2) is 11.0 Å². The van der Waals surface area contributed by atoms with Crippen LogP contribution in [-0.2, 0) is 11.3 Å². The maximum Gasteiger partial charge on any atom is 0.234 e. The van der Waals surface area contributed by atoms with Crippen LogP contribution in [0.2, 0.25) is 0 Å². The molecule has 7 heteroatoms. The van der Waals surface area contributed by atoms with Crippen LogP contribution in [0.5, 0.6) is 5.75 Å². The van der Waals surface area contributed by atoms with E-state index in [0.29, 0.717) is 6.61 Å². The highest BCUT2D eigenvalue weighted by Crippen LogP contribution is 2.26. The lowest BCUT2D eigenvalue weighted by atomic mass is 10.1. The van der Waals surface area contributed by atoms with Crippen molar-refractivity contribution in [2.24, 2.45) is 0 Å². The Morgan fingerprint density at radius 2 is 1.86 bits per heavy atom. The third-order valence-electron chi connectivity index (χ3n) is 4.44. The number of hydrogen-bond acceptors (Lipinski definition) is 5. The highest BCUT2D eigenvalue weighted by atomic mass is 32.2. The number of aromatic nitrogens is 3. The molecule has 0 saturated heterocycles. The maximum atomic E-state index is 12.4. The van der Waals surface area contributed by atoms with Crippen molar-refractivity contribution in [3.8, 4) is 17.1 Å². The minimum Gasteiger partial charge on any atom is -0.494 e. The van der Waals surface area contributed by atoms with Crippen LogP contribution in [0.25, 0.3) is 11.4 Å². The molecule has 1 amide bonds. The van der Waals surface area contributed by atoms with Gasteiger partial charge in [0, 0.05) is 17.8 Å². The first-order valence-corrected chi connectivity index (χ1v) is 10.7. The molecule has 29 heavy (non-hydrogen) atoms. The molecule has 0 radical (unpaired) electrons. The normalized spacial score (nSPS) is 10.8. The molecule has 0 unspecified atom stereocenters. The van der Waals surface area contributed by atoms with E-state index >= 15 is 0 Å². The Morgan fingerprint density at radius 1 is 1.10 bits per heavy atom. The molecule has 3 aromatic rings. The number of carbonyl (C=O) groups is 1. The molecular formula is C22H26N4O2S. The fraction of sp³-hybridized carbons (Fsp3) is 0.318. The highest BCUT2D eigenvalue weighted by Gasteiger charge is 2.15. The zero-order chi connectivity index (χ0) is 20.8. The van der Waals surface area contributed by atoms with E-state index in [-0.39, 0.29) is 11.7 Å². The third-order valence-corrected chi connectivity index (χ3v) is 5.41. The molecule has 0 fully saturated rings. The summed E-state index contributed by atoms with van der Waals surface area (Å²) >= 11 is 1.39. The number of nitrogens with zero attached hydrogens (tertiary/aromatic N) is 3. The van der Waals surface area contributed by atoms with Crippen molar-refractivity contribution in [1.29, 1.82) is 0 Å². The molecule has 0 aliphatic heterocycles. The Balaban J connectivity index is 1.67. The monoisotopic (exact) mass is 410 g/mol. The SMILES string of the molecule is CCOc1ccc(-c2nnc(SCC(=O)Nc3ccc(C)cc3C)n2CC)cc1. The molecule has 0 aliphatic rings. The van der Waals surface area contributed by atoms with E-state index in [4.69, 9.17) is 4.74 Å². The van der Waals surface area contributed by atoms with Crippen molar-refractivity contribution in [2.75, 3.05) is 17.7 Å². The summed E-state index contributed by atoms with van der Waals surface area (Å²) in [5, 5.41) is 12.3. The topological polar surface area (TPSA) is 69.0 Å². The minimum atomic E-state index is -0.0600. The van der Waals surface area contributed by atoms with Gasteiger partial charge in [0.05, 0.1) is 12.4 Å². The first-order valence-electron chi connectivity index (χ1n) is 9.68. The number of rotatable bonds is 8. The number of benzene rings is 2. The number of carbonyl (C=O) groups excluding carboxylic acids is 1. The van der Waals surface area contributed by atoms with Gasteiger partial charge in [-0.15, -0.1) is 10.2 Å². The molecule has 0 saturated carbocycles. The van der Waals surface area contributed by atoms with Gasteiger partial charge in [0.1, 0.15) is 5.75 Å². The molecule has 3 rings (SSSR count). The largest absolute Gasteiger partial charge is 0.494 e. The van der Waals surface area contributed by atoms with Crippen LogP contribution >= 0.6 is 11.8 Å². The maximum absolute atomic E-state index is 12.4. The third kappa shape index (κ3) is 5.17. The Labute approximate surface area is 175 Å². The van der Waals surface area contributed by atoms with Crippen molar-refractivity contribution in [3.63, 3.8) is 0 Å². The van der Waals surface area contributed by atoms with Gasteiger partial charge < -0.3 is 14.6 Å². The van der Waals surface area contributed by atoms with Gasteiger partial charge in [0.2, 0.25) is 5.91 Å². The van der Waals surface area contributed by atoms with Gasteiger partial charge in [-0.2, -0.15) is 0 Å². The molecule has 6 nitrogen and oxygen atoms in total. The van der Waals surface area contributed by atoms with Crippen molar-refractivity contribution >= 4 is 23.4 Å². The van der Waals surface area contributed by atoms with Crippen LogP contribution in [-0.4, -0.2) is 33.0 Å². The van der Waals surface area contributed by atoms with Crippen LogP contribution in [0.4, 0.5) is 5.69 Å². The number of ether oxygens (including phenoxy) is 1. The number of aryl methyl sites for hydroxylation is 2. The second-order valence-electron chi connectivity index (χ2n) is 6.66. The predicted molar refractivity (Wildman–Crippen MR) is 118 cm³/mol. The standard InChI is InChI=1S/C22H26N4O2S/c1-5-26-21(17-8-10-18(11-9-17)28-6-2)24-25-22(26)29-14-20(27)23-19-12-7-15(3)13-16(19)4/h7-13H,5-6,14H2,1-4H3,(H,23,27). The summed E-state index contributed by atoms with van der Waals surface area (Å²) in [5.74, 6) is 1.83. The molecule has 0 bridgehead atoms. The Bertz CT molecular complexity index is 983. The van der Waals surface area contributed by atoms with E-state index in [1.54, 1.807) is 0 Å². The summed E-state index contributed by atoms with van der Waals surface area (Å²) in [7, 11) is 0. The van der Waals surface area contributed by atoms with E-state index in [1.165, 1.54) is 17.3 Å². The van der Waals surface area contributed by atoms with E-state index in [9.17, 15) is 4.79 Å². The fourth-order valence-corrected chi connectivity index (χ4v) is 3.83. The van der Waals surface area contributed by atoms with Gasteiger partial charge in [-0.3, -0.25) is 4.79 Å². The fourth-order valence-electron chi connectivity index (χ4n) is 3.03. The van der Waals surface area contributed by atoms with Crippen molar-refractivity contribution in [1.82, 2.24) is 14.8 Å². The number of nitrogens with one attached hydrogen (secondary N) is 1. The minimum absolute atomic E-state index is 0.0600. The lowest BCUT2D eigenvalue weighted by Gasteiger charge is -2.10. The second-order valence-corrected chi connectivity index (χ2v) is 7.61. The second kappa shape index (κ2) is 9.60. The summed E-state index contributed by atoms with van der Waals surface area (Å²) < 4.78 is 7.51. The lowest BCUT2D eigenvalue weighted by Crippen LogP contribution is -2.15. The van der Waals surface area contributed by atoms with E-state index < -0.39 is 0 Å². The van der Waals surface area contributed by atoms with Gasteiger partial charge >= 0.3 is 0 Å². The first-order chi connectivity index (χ1) is 14.0. The lowest BCUT2D eigenvalue weighted by molar-refractivity contribution is -0.113. The van der Waals surface area contributed by atoms with Crippen molar-refractivity contribution < 1.29 is 9.53 Å². The molecule has 0 spiro atoms. The molecule has 152 valence electrons. The van der Waals surface area contributed by atoms with Crippen LogP contribution in [0, 0.1) is 13.8 Å². The van der Waals surface area contributed by atoms with Crippen LogP contribution in [0.15, 0.2) is 47.6 Å². The zero-order valence-electron chi connectivity index (χ0n) is 17.2. The summed E-state index contributed by atoms with van der Waals surface area (Å²) in [6.45, 7) is 9.38. The van der Waals surface area contributed by atoms with Gasteiger partial charge in [-0.1, -0.05) is 29.5 Å². The molecule has 1 heterocycles. The van der Waals surface area contributed by atoms with Crippen LogP contribution in [0.3, 0.4) is 0 Å². The van der Waals surface area contributed by atoms with Crippen LogP contribution < -0.4 is 10.1 Å². The number of thioether (sulfide) groups is 1. The molecule has 1 aromatic heterocycles. The predicted octanol–water partition coefficient (Wildman–Crippen LogP) is 4.71. The van der Waals surface area contributed by atoms with Crippen molar-refractivity contribution in [2.45, 2.75) is 39.4 Å². The molecule has 0 aliphatic carbocycles. The van der Waals surface area contributed by atoms with Gasteiger partial charge in [0.25, 0.3) is 0 Å².